The van der Waals surface area contributed by atoms with Crippen LogP contribution in [0.25, 0.3) is 11.3 Å². The van der Waals surface area contributed by atoms with E-state index >= 15 is 0 Å². The van der Waals surface area contributed by atoms with Gasteiger partial charge >= 0.3 is 6.01 Å². The van der Waals surface area contributed by atoms with Gasteiger partial charge in [0.25, 0.3) is 10.1 Å². The highest BCUT2D eigenvalue weighted by Crippen LogP contribution is 2.15. The number of ether oxygens (including phenoxy) is 1. The van der Waals surface area contributed by atoms with Gasteiger partial charge in [0, 0.05) is 17.8 Å². The largest absolute Gasteiger partial charge is 0.467 e. The van der Waals surface area contributed by atoms with Crippen LogP contribution in [-0.2, 0) is 20.8 Å². The lowest BCUT2D eigenvalue weighted by Gasteiger charge is -2.01. The zero-order valence-corrected chi connectivity index (χ0v) is 12.4. The highest BCUT2D eigenvalue weighted by Gasteiger charge is 2.14. The maximum atomic E-state index is 11.2. The number of aromatic nitrogens is 4. The van der Waals surface area contributed by atoms with Crippen LogP contribution in [0.5, 0.6) is 6.01 Å². The standard InChI is InChI=1S/C12H15N4O4S/c1-19-12-13-5-3-11(15-12)10-4-6-16(14-9-10)7-8-21(17,18)20-2/h3-6,9H,7-8H2,1-2H3/q+1. The van der Waals surface area contributed by atoms with Gasteiger partial charge in [0.05, 0.1) is 19.9 Å². The normalized spacial score (nSPS) is 11.3. The molecule has 0 aliphatic heterocycles. The second-order valence-electron chi connectivity index (χ2n) is 4.04. The first-order valence-corrected chi connectivity index (χ1v) is 7.63. The molecule has 0 spiro atoms. The van der Waals surface area contributed by atoms with Crippen molar-refractivity contribution in [2.24, 2.45) is 0 Å². The lowest BCUT2D eigenvalue weighted by Crippen LogP contribution is -2.40. The van der Waals surface area contributed by atoms with Crippen LogP contribution in [0.3, 0.4) is 0 Å². The van der Waals surface area contributed by atoms with Crippen molar-refractivity contribution in [2.75, 3.05) is 20.0 Å². The number of hydrogen-bond donors (Lipinski definition) is 0. The van der Waals surface area contributed by atoms with E-state index in [0.717, 1.165) is 12.7 Å². The van der Waals surface area contributed by atoms with E-state index < -0.39 is 10.1 Å². The topological polar surface area (TPSA) is 95.2 Å². The zero-order valence-electron chi connectivity index (χ0n) is 11.6. The van der Waals surface area contributed by atoms with Gasteiger partial charge in [-0.05, 0) is 11.2 Å². The Labute approximate surface area is 122 Å². The zero-order chi connectivity index (χ0) is 15.3. The van der Waals surface area contributed by atoms with Crippen LogP contribution in [0.4, 0.5) is 0 Å². The molecule has 0 saturated heterocycles. The molecule has 0 fully saturated rings. The van der Waals surface area contributed by atoms with Crippen molar-refractivity contribution < 1.29 is 22.0 Å². The average Bonchev–Trinajstić information content (AvgIpc) is 2.53. The Morgan fingerprint density at radius 3 is 2.71 bits per heavy atom. The monoisotopic (exact) mass is 311 g/mol. The summed E-state index contributed by atoms with van der Waals surface area (Å²) in [6, 6.07) is 3.79. The molecule has 0 amide bonds. The molecule has 2 heterocycles. The van der Waals surface area contributed by atoms with E-state index in [9.17, 15) is 8.42 Å². The molecule has 0 aromatic carbocycles. The maximum Gasteiger partial charge on any atom is 0.316 e. The van der Waals surface area contributed by atoms with Gasteiger partial charge in [-0.25, -0.2) is 4.98 Å². The molecule has 0 atom stereocenters. The van der Waals surface area contributed by atoms with Gasteiger partial charge in [0.1, 0.15) is 11.9 Å². The minimum Gasteiger partial charge on any atom is -0.467 e. The van der Waals surface area contributed by atoms with Gasteiger partial charge in [-0.2, -0.15) is 13.4 Å². The van der Waals surface area contributed by atoms with Gasteiger partial charge < -0.3 is 4.74 Å². The van der Waals surface area contributed by atoms with E-state index in [4.69, 9.17) is 4.74 Å². The SMILES string of the molecule is COc1nccc(-c2cc[n+](CCS(=O)(=O)OC)nc2)n1. The van der Waals surface area contributed by atoms with Crippen molar-refractivity contribution in [1.29, 1.82) is 0 Å². The van der Waals surface area contributed by atoms with Gasteiger partial charge in [-0.15, -0.1) is 0 Å². The minimum atomic E-state index is -3.49. The fourth-order valence-corrected chi connectivity index (χ4v) is 2.13. The molecule has 0 aliphatic rings. The summed E-state index contributed by atoms with van der Waals surface area (Å²) < 4.78 is 33.3. The summed E-state index contributed by atoms with van der Waals surface area (Å²) in [5, 5.41) is 4.14. The lowest BCUT2D eigenvalue weighted by molar-refractivity contribution is -0.750. The van der Waals surface area contributed by atoms with Crippen LogP contribution >= 0.6 is 0 Å². The summed E-state index contributed by atoms with van der Waals surface area (Å²) in [5.41, 5.74) is 1.45. The molecule has 2 rings (SSSR count). The Balaban J connectivity index is 2.11. The minimum absolute atomic E-state index is 0.137. The number of hydrogen-bond acceptors (Lipinski definition) is 7. The highest BCUT2D eigenvalue weighted by atomic mass is 32.2. The van der Waals surface area contributed by atoms with Crippen LogP contribution in [0.15, 0.2) is 30.7 Å². The third-order valence-corrected chi connectivity index (χ3v) is 3.90. The molecule has 8 nitrogen and oxygen atoms in total. The molecule has 0 N–H and O–H groups in total. The van der Waals surface area contributed by atoms with Crippen LogP contribution in [0, 0.1) is 0 Å². The van der Waals surface area contributed by atoms with E-state index in [1.807, 2.05) is 0 Å². The smallest absolute Gasteiger partial charge is 0.316 e. The summed E-state index contributed by atoms with van der Waals surface area (Å²) in [6.45, 7) is 0.212. The summed E-state index contributed by atoms with van der Waals surface area (Å²) in [6.07, 6.45) is 4.86. The van der Waals surface area contributed by atoms with Crippen molar-refractivity contribution in [3.8, 4) is 17.3 Å². The van der Waals surface area contributed by atoms with E-state index in [0.29, 0.717) is 5.69 Å². The summed E-state index contributed by atoms with van der Waals surface area (Å²) >= 11 is 0. The fraction of sp³-hybridized carbons (Fsp3) is 0.333. The summed E-state index contributed by atoms with van der Waals surface area (Å²) in [4.78, 5) is 8.12. The van der Waals surface area contributed by atoms with Crippen LogP contribution in [0.1, 0.15) is 0 Å². The lowest BCUT2D eigenvalue weighted by atomic mass is 10.2. The molecule has 2 aromatic rings. The summed E-state index contributed by atoms with van der Waals surface area (Å²) in [7, 11) is -0.856. The third kappa shape index (κ3) is 4.17. The second kappa shape index (κ2) is 6.55. The predicted octanol–water partition coefficient (Wildman–Crippen LogP) is -0.189. The Kier molecular flexibility index (Phi) is 4.76. The third-order valence-electron chi connectivity index (χ3n) is 2.71. The van der Waals surface area contributed by atoms with Gasteiger partial charge in [0.15, 0.2) is 12.7 Å². The molecule has 0 aliphatic carbocycles. The second-order valence-corrected chi connectivity index (χ2v) is 5.89. The Morgan fingerprint density at radius 2 is 2.10 bits per heavy atom. The van der Waals surface area contributed by atoms with E-state index in [2.05, 4.69) is 19.2 Å². The van der Waals surface area contributed by atoms with Crippen LogP contribution in [-0.4, -0.2) is 43.5 Å². The number of rotatable bonds is 6. The molecule has 0 unspecified atom stereocenters. The molecule has 0 saturated carbocycles. The van der Waals surface area contributed by atoms with Crippen LogP contribution < -0.4 is 9.42 Å². The maximum absolute atomic E-state index is 11.2. The first-order chi connectivity index (χ1) is 10.0. The Morgan fingerprint density at radius 1 is 1.29 bits per heavy atom. The first kappa shape index (κ1) is 15.3. The quantitative estimate of drug-likeness (QED) is 0.539. The fourth-order valence-electron chi connectivity index (χ4n) is 1.56. The van der Waals surface area contributed by atoms with Gasteiger partial charge in [0.2, 0.25) is 0 Å². The van der Waals surface area contributed by atoms with E-state index in [1.165, 1.54) is 11.8 Å². The predicted molar refractivity (Wildman–Crippen MR) is 72.8 cm³/mol. The first-order valence-electron chi connectivity index (χ1n) is 6.05. The summed E-state index contributed by atoms with van der Waals surface area (Å²) in [5.74, 6) is -0.137. The molecule has 0 radical (unpaired) electrons. The Bertz CT molecular complexity index is 703. The Hall–Kier alpha value is -2.13. The van der Waals surface area contributed by atoms with E-state index in [1.54, 1.807) is 30.7 Å². The average molecular weight is 311 g/mol. The van der Waals surface area contributed by atoms with E-state index in [-0.39, 0.29) is 18.3 Å². The molecule has 9 heteroatoms. The van der Waals surface area contributed by atoms with Gasteiger partial charge in [-0.1, -0.05) is 4.68 Å². The molecule has 112 valence electrons. The highest BCUT2D eigenvalue weighted by molar-refractivity contribution is 7.86. The van der Waals surface area contributed by atoms with Crippen molar-refractivity contribution in [1.82, 2.24) is 15.1 Å². The number of methoxy groups -OCH3 is 1. The van der Waals surface area contributed by atoms with Gasteiger partial charge in [-0.3, -0.25) is 4.18 Å². The van der Waals surface area contributed by atoms with Crippen molar-refractivity contribution in [2.45, 2.75) is 6.54 Å². The molecular weight excluding hydrogens is 296 g/mol. The van der Waals surface area contributed by atoms with Crippen LogP contribution in [0.2, 0.25) is 0 Å². The van der Waals surface area contributed by atoms with Crippen molar-refractivity contribution in [3.63, 3.8) is 0 Å². The van der Waals surface area contributed by atoms with Crippen molar-refractivity contribution >= 4 is 10.1 Å². The molecule has 0 bridgehead atoms. The number of nitrogens with zero attached hydrogens (tertiary/aromatic N) is 4. The molecule has 21 heavy (non-hydrogen) atoms. The number of aryl methyl sites for hydroxylation is 1. The van der Waals surface area contributed by atoms with Crippen molar-refractivity contribution in [3.05, 3.63) is 30.7 Å². The molecular formula is C12H15N4O4S+. The molecule has 2 aromatic heterocycles.